The SMILES string of the molecule is COC(=O)C(c1c(C(=O)n2cccn2)cc(-c2c(OC)cccc2OC)n1-c1ccc(C(N)=O)c2ccccc12)C1CCCCC1. The molecule has 1 atom stereocenters. The number of rotatable bonds is 9. The van der Waals surface area contributed by atoms with Gasteiger partial charge in [-0.25, -0.2) is 4.68 Å². The van der Waals surface area contributed by atoms with Crippen LogP contribution in [-0.4, -0.2) is 53.5 Å². The van der Waals surface area contributed by atoms with Gasteiger partial charge in [-0.2, -0.15) is 5.10 Å². The predicted molar refractivity (Wildman–Crippen MR) is 174 cm³/mol. The van der Waals surface area contributed by atoms with Crippen LogP contribution in [0, 0.1) is 5.92 Å². The molecule has 2 aromatic heterocycles. The van der Waals surface area contributed by atoms with E-state index in [9.17, 15) is 14.4 Å². The van der Waals surface area contributed by atoms with Crippen molar-refractivity contribution in [3.05, 3.63) is 95.9 Å². The zero-order valence-corrected chi connectivity index (χ0v) is 26.1. The molecule has 0 radical (unpaired) electrons. The zero-order chi connectivity index (χ0) is 32.4. The molecule has 10 heteroatoms. The van der Waals surface area contributed by atoms with E-state index in [1.807, 2.05) is 47.0 Å². The molecule has 2 heterocycles. The lowest BCUT2D eigenvalue weighted by atomic mass is 9.77. The molecule has 0 spiro atoms. The average Bonchev–Trinajstić information content (AvgIpc) is 3.77. The molecule has 5 aromatic rings. The van der Waals surface area contributed by atoms with Gasteiger partial charge in [0.25, 0.3) is 5.91 Å². The Morgan fingerprint density at radius 3 is 2.15 bits per heavy atom. The van der Waals surface area contributed by atoms with E-state index in [0.717, 1.165) is 32.1 Å². The number of esters is 1. The lowest BCUT2D eigenvalue weighted by Crippen LogP contribution is -2.29. The Balaban J connectivity index is 1.80. The maximum atomic E-state index is 14.4. The van der Waals surface area contributed by atoms with E-state index in [0.29, 0.717) is 50.5 Å². The normalized spacial score (nSPS) is 14.2. The highest BCUT2D eigenvalue weighted by molar-refractivity contribution is 6.09. The molecule has 1 amide bonds. The van der Waals surface area contributed by atoms with Crippen molar-refractivity contribution in [2.75, 3.05) is 21.3 Å². The minimum absolute atomic E-state index is 0.0809. The van der Waals surface area contributed by atoms with Gasteiger partial charge >= 0.3 is 5.97 Å². The first-order chi connectivity index (χ1) is 22.4. The highest BCUT2D eigenvalue weighted by Gasteiger charge is 2.40. The van der Waals surface area contributed by atoms with E-state index < -0.39 is 23.7 Å². The van der Waals surface area contributed by atoms with E-state index in [2.05, 4.69) is 5.10 Å². The van der Waals surface area contributed by atoms with Crippen LogP contribution in [0.15, 0.2) is 79.1 Å². The fourth-order valence-electron chi connectivity index (χ4n) is 6.88. The third-order valence-electron chi connectivity index (χ3n) is 8.94. The molecule has 6 rings (SSSR count). The van der Waals surface area contributed by atoms with Crippen LogP contribution >= 0.6 is 0 Å². The summed E-state index contributed by atoms with van der Waals surface area (Å²) in [7, 11) is 4.51. The number of hydrogen-bond acceptors (Lipinski definition) is 7. The summed E-state index contributed by atoms with van der Waals surface area (Å²) in [6, 6.07) is 19.8. The number of benzene rings is 3. The van der Waals surface area contributed by atoms with Gasteiger partial charge in [0.05, 0.1) is 49.5 Å². The number of hydrogen-bond donors (Lipinski definition) is 1. The summed E-state index contributed by atoms with van der Waals surface area (Å²) >= 11 is 0. The Bertz CT molecular complexity index is 1900. The smallest absolute Gasteiger partial charge is 0.314 e. The summed E-state index contributed by atoms with van der Waals surface area (Å²) in [5, 5.41) is 5.59. The minimum Gasteiger partial charge on any atom is -0.496 e. The van der Waals surface area contributed by atoms with Crippen molar-refractivity contribution in [1.82, 2.24) is 14.3 Å². The number of primary amides is 1. The number of carbonyl (C=O) groups is 3. The van der Waals surface area contributed by atoms with Crippen molar-refractivity contribution in [2.24, 2.45) is 11.7 Å². The molecule has 10 nitrogen and oxygen atoms in total. The van der Waals surface area contributed by atoms with Gasteiger partial charge < -0.3 is 24.5 Å². The van der Waals surface area contributed by atoms with E-state index in [-0.39, 0.29) is 11.5 Å². The molecule has 2 N–H and O–H groups in total. The molecule has 1 aliphatic rings. The first-order valence-corrected chi connectivity index (χ1v) is 15.3. The van der Waals surface area contributed by atoms with Gasteiger partial charge in [0.2, 0.25) is 5.91 Å². The molecular weight excluding hydrogens is 584 g/mol. The molecule has 46 heavy (non-hydrogen) atoms. The lowest BCUT2D eigenvalue weighted by Gasteiger charge is -2.31. The Kier molecular flexibility index (Phi) is 8.61. The third kappa shape index (κ3) is 5.29. The summed E-state index contributed by atoms with van der Waals surface area (Å²) in [6.07, 6.45) is 7.72. The van der Waals surface area contributed by atoms with Gasteiger partial charge in [-0.1, -0.05) is 49.6 Å². The molecular formula is C36H36N4O6. The van der Waals surface area contributed by atoms with Crippen molar-refractivity contribution in [3.8, 4) is 28.4 Å². The lowest BCUT2D eigenvalue weighted by molar-refractivity contribution is -0.144. The van der Waals surface area contributed by atoms with E-state index in [4.69, 9.17) is 19.9 Å². The molecule has 236 valence electrons. The van der Waals surface area contributed by atoms with Crippen LogP contribution in [0.1, 0.15) is 64.4 Å². The fourth-order valence-corrected chi connectivity index (χ4v) is 6.88. The number of methoxy groups -OCH3 is 3. The average molecular weight is 621 g/mol. The Hall–Kier alpha value is -5.38. The largest absolute Gasteiger partial charge is 0.496 e. The van der Waals surface area contributed by atoms with Gasteiger partial charge in [-0.05, 0) is 60.5 Å². The Morgan fingerprint density at radius 1 is 0.848 bits per heavy atom. The van der Waals surface area contributed by atoms with Crippen LogP contribution in [-0.2, 0) is 9.53 Å². The predicted octanol–water partition coefficient (Wildman–Crippen LogP) is 6.14. The summed E-state index contributed by atoms with van der Waals surface area (Å²) in [4.78, 5) is 40.9. The number of fused-ring (bicyclic) bond motifs is 1. The molecule has 0 saturated heterocycles. The van der Waals surface area contributed by atoms with Crippen LogP contribution in [0.25, 0.3) is 27.7 Å². The van der Waals surface area contributed by atoms with Gasteiger partial charge in [0, 0.05) is 23.3 Å². The first-order valence-electron chi connectivity index (χ1n) is 15.3. The van der Waals surface area contributed by atoms with Crippen LogP contribution in [0.5, 0.6) is 11.5 Å². The standard InChI is InChI=1S/C36H36N4O6/c1-44-29-15-9-16-30(45-2)32(29)28-21-26(35(42)39-20-10-19-38-39)33(31(36(43)46-3)22-11-5-4-6-12-22)40(28)27-18-17-25(34(37)41)23-13-7-8-14-24(23)27/h7-10,13-22,31H,4-6,11-12H2,1-3H3,(H2,37,41). The number of nitrogens with two attached hydrogens (primary N) is 1. The quantitative estimate of drug-likeness (QED) is 0.196. The number of aromatic nitrogens is 3. The first kappa shape index (κ1) is 30.6. The molecule has 1 aliphatic carbocycles. The van der Waals surface area contributed by atoms with Gasteiger partial charge in [-0.3, -0.25) is 14.4 Å². The van der Waals surface area contributed by atoms with Gasteiger partial charge in [-0.15, -0.1) is 0 Å². The monoisotopic (exact) mass is 620 g/mol. The minimum atomic E-state index is -0.788. The summed E-state index contributed by atoms with van der Waals surface area (Å²) in [5.41, 5.74) is 8.70. The second-order valence-electron chi connectivity index (χ2n) is 11.4. The molecule has 3 aromatic carbocycles. The molecule has 0 aliphatic heterocycles. The second-order valence-corrected chi connectivity index (χ2v) is 11.4. The van der Waals surface area contributed by atoms with Gasteiger partial charge in [0.15, 0.2) is 0 Å². The van der Waals surface area contributed by atoms with E-state index >= 15 is 0 Å². The molecule has 1 fully saturated rings. The van der Waals surface area contributed by atoms with Crippen molar-refractivity contribution >= 4 is 28.6 Å². The molecule has 0 bridgehead atoms. The van der Waals surface area contributed by atoms with Crippen LogP contribution in [0.3, 0.4) is 0 Å². The highest BCUT2D eigenvalue weighted by atomic mass is 16.5. The van der Waals surface area contributed by atoms with E-state index in [1.54, 1.807) is 44.7 Å². The Labute approximate surface area is 266 Å². The maximum absolute atomic E-state index is 14.4. The zero-order valence-electron chi connectivity index (χ0n) is 26.1. The molecule has 1 saturated carbocycles. The van der Waals surface area contributed by atoms with Crippen LogP contribution in [0.2, 0.25) is 0 Å². The number of amides is 1. The number of nitrogens with zero attached hydrogens (tertiary/aromatic N) is 3. The van der Waals surface area contributed by atoms with Crippen LogP contribution in [0.4, 0.5) is 0 Å². The summed E-state index contributed by atoms with van der Waals surface area (Å²) in [5.74, 6) is -1.26. The second kappa shape index (κ2) is 12.9. The van der Waals surface area contributed by atoms with Crippen LogP contribution < -0.4 is 15.2 Å². The maximum Gasteiger partial charge on any atom is 0.314 e. The number of ether oxygens (including phenoxy) is 3. The topological polar surface area (TPSA) is 128 Å². The van der Waals surface area contributed by atoms with E-state index in [1.165, 1.54) is 18.0 Å². The third-order valence-corrected chi connectivity index (χ3v) is 8.94. The van der Waals surface area contributed by atoms with Crippen molar-refractivity contribution in [3.63, 3.8) is 0 Å². The Morgan fingerprint density at radius 2 is 1.54 bits per heavy atom. The summed E-state index contributed by atoms with van der Waals surface area (Å²) < 4.78 is 20.4. The molecule has 1 unspecified atom stereocenters. The fraction of sp³-hybridized carbons (Fsp3) is 0.278. The summed E-state index contributed by atoms with van der Waals surface area (Å²) in [6.45, 7) is 0. The van der Waals surface area contributed by atoms with Crippen molar-refractivity contribution in [2.45, 2.75) is 38.0 Å². The van der Waals surface area contributed by atoms with Gasteiger partial charge in [0.1, 0.15) is 17.4 Å². The number of carbonyl (C=O) groups excluding carboxylic acids is 3. The highest BCUT2D eigenvalue weighted by Crippen LogP contribution is 2.47. The van der Waals surface area contributed by atoms with Crippen molar-refractivity contribution in [1.29, 1.82) is 0 Å². The van der Waals surface area contributed by atoms with Crippen molar-refractivity contribution < 1.29 is 28.6 Å².